The zero-order valence-corrected chi connectivity index (χ0v) is 18.0. The van der Waals surface area contributed by atoms with E-state index in [-0.39, 0.29) is 5.91 Å². The number of nitrogens with zero attached hydrogens (tertiary/aromatic N) is 2. The number of nitrogens with one attached hydrogen (secondary N) is 2. The second-order valence-corrected chi connectivity index (χ2v) is 7.72. The van der Waals surface area contributed by atoms with Crippen LogP contribution < -0.4 is 10.6 Å². The van der Waals surface area contributed by atoms with Gasteiger partial charge in [0.05, 0.1) is 5.52 Å². The number of amides is 1. The summed E-state index contributed by atoms with van der Waals surface area (Å²) in [6.07, 6.45) is 4.75. The Balaban J connectivity index is 1.56. The van der Waals surface area contributed by atoms with Gasteiger partial charge in [-0.3, -0.25) is 4.79 Å². The van der Waals surface area contributed by atoms with Gasteiger partial charge in [-0.05, 0) is 54.1 Å². The molecule has 30 heavy (non-hydrogen) atoms. The maximum absolute atomic E-state index is 12.4. The number of fused-ring (bicyclic) bond motifs is 1. The zero-order chi connectivity index (χ0) is 20.9. The molecule has 4 rings (SSSR count). The van der Waals surface area contributed by atoms with Gasteiger partial charge in [-0.15, -0.1) is 0 Å². The van der Waals surface area contributed by atoms with Gasteiger partial charge < -0.3 is 10.6 Å². The predicted octanol–water partition coefficient (Wildman–Crippen LogP) is 6.44. The lowest BCUT2D eigenvalue weighted by atomic mass is 10.2. The minimum absolute atomic E-state index is 0.230. The quantitative estimate of drug-likeness (QED) is 0.323. The van der Waals surface area contributed by atoms with Crippen LogP contribution in [-0.4, -0.2) is 15.9 Å². The molecule has 7 heteroatoms. The molecular formula is C23H16BrClN4O. The van der Waals surface area contributed by atoms with Crippen LogP contribution in [0, 0.1) is 0 Å². The van der Waals surface area contributed by atoms with Crippen LogP contribution in [0.15, 0.2) is 83.6 Å². The zero-order valence-electron chi connectivity index (χ0n) is 15.6. The van der Waals surface area contributed by atoms with Crippen LogP contribution in [0.1, 0.15) is 5.56 Å². The summed E-state index contributed by atoms with van der Waals surface area (Å²) in [5, 5.41) is 7.54. The van der Waals surface area contributed by atoms with Crippen molar-refractivity contribution in [1.82, 2.24) is 9.97 Å². The molecule has 0 aliphatic heterocycles. The minimum atomic E-state index is -0.230. The van der Waals surface area contributed by atoms with Crippen LogP contribution >= 0.6 is 27.5 Å². The van der Waals surface area contributed by atoms with E-state index in [4.69, 9.17) is 11.6 Å². The van der Waals surface area contributed by atoms with E-state index in [0.717, 1.165) is 26.6 Å². The molecule has 2 N–H and O–H groups in total. The second kappa shape index (κ2) is 9.07. The summed E-state index contributed by atoms with van der Waals surface area (Å²) in [5.41, 5.74) is 3.14. The molecule has 0 radical (unpaired) electrons. The first kappa shape index (κ1) is 20.1. The van der Waals surface area contributed by atoms with Crippen molar-refractivity contribution in [3.05, 3.63) is 94.2 Å². The summed E-state index contributed by atoms with van der Waals surface area (Å²) >= 11 is 9.53. The standard InChI is InChI=1S/C23H16BrClN4O/c24-20-7-2-1-4-15(20)8-11-22(30)28-18-9-10-21-19(13-18)23(27-14-26-21)29-17-6-3-5-16(25)12-17/h1-14H,(H,28,30)(H,26,27,29)/b11-8+. The van der Waals surface area contributed by atoms with Crippen molar-refractivity contribution in [1.29, 1.82) is 0 Å². The molecule has 0 unspecified atom stereocenters. The van der Waals surface area contributed by atoms with Gasteiger partial charge >= 0.3 is 0 Å². The van der Waals surface area contributed by atoms with Crippen molar-refractivity contribution in [2.75, 3.05) is 10.6 Å². The van der Waals surface area contributed by atoms with Gasteiger partial charge in [0.15, 0.2) is 0 Å². The molecule has 0 bridgehead atoms. The number of hydrogen-bond acceptors (Lipinski definition) is 4. The number of carbonyl (C=O) groups excluding carboxylic acids is 1. The number of aromatic nitrogens is 2. The molecule has 148 valence electrons. The fraction of sp³-hybridized carbons (Fsp3) is 0. The summed E-state index contributed by atoms with van der Waals surface area (Å²) in [6.45, 7) is 0. The van der Waals surface area contributed by atoms with E-state index in [2.05, 4.69) is 36.5 Å². The molecule has 0 spiro atoms. The van der Waals surface area contributed by atoms with E-state index in [0.29, 0.717) is 16.5 Å². The lowest BCUT2D eigenvalue weighted by molar-refractivity contribution is -0.111. The Morgan fingerprint density at radius 3 is 2.67 bits per heavy atom. The summed E-state index contributed by atoms with van der Waals surface area (Å²) in [4.78, 5) is 21.0. The molecule has 0 saturated heterocycles. The summed E-state index contributed by atoms with van der Waals surface area (Å²) < 4.78 is 0.925. The van der Waals surface area contributed by atoms with Gasteiger partial charge in [0.1, 0.15) is 12.1 Å². The fourth-order valence-corrected chi connectivity index (χ4v) is 3.50. The van der Waals surface area contributed by atoms with Crippen LogP contribution in [0.5, 0.6) is 0 Å². The third kappa shape index (κ3) is 4.84. The molecular weight excluding hydrogens is 464 g/mol. The Labute approximate surface area is 187 Å². The molecule has 1 aromatic heterocycles. The highest BCUT2D eigenvalue weighted by atomic mass is 79.9. The number of rotatable bonds is 5. The molecule has 0 aliphatic rings. The molecule has 0 fully saturated rings. The largest absolute Gasteiger partial charge is 0.340 e. The van der Waals surface area contributed by atoms with Gasteiger partial charge in [-0.25, -0.2) is 9.97 Å². The average Bonchev–Trinajstić information content (AvgIpc) is 2.74. The van der Waals surface area contributed by atoms with Crippen molar-refractivity contribution in [2.45, 2.75) is 0 Å². The van der Waals surface area contributed by atoms with Crippen LogP contribution in [0.2, 0.25) is 5.02 Å². The topological polar surface area (TPSA) is 66.9 Å². The molecule has 5 nitrogen and oxygen atoms in total. The Morgan fingerprint density at radius 1 is 0.967 bits per heavy atom. The lowest BCUT2D eigenvalue weighted by Crippen LogP contribution is -2.08. The molecule has 3 aromatic carbocycles. The molecule has 1 amide bonds. The smallest absolute Gasteiger partial charge is 0.248 e. The Morgan fingerprint density at radius 2 is 1.83 bits per heavy atom. The number of carbonyl (C=O) groups is 1. The number of halogens is 2. The van der Waals surface area contributed by atoms with Gasteiger partial charge in [-0.2, -0.15) is 0 Å². The van der Waals surface area contributed by atoms with E-state index in [1.165, 1.54) is 12.4 Å². The number of benzene rings is 3. The van der Waals surface area contributed by atoms with E-state index >= 15 is 0 Å². The predicted molar refractivity (Wildman–Crippen MR) is 126 cm³/mol. The van der Waals surface area contributed by atoms with Crippen molar-refractivity contribution >= 4 is 67.6 Å². The van der Waals surface area contributed by atoms with E-state index in [9.17, 15) is 4.79 Å². The summed E-state index contributed by atoms with van der Waals surface area (Å²) in [6, 6.07) is 20.6. The molecule has 0 saturated carbocycles. The SMILES string of the molecule is O=C(/C=C/c1ccccc1Br)Nc1ccc2ncnc(Nc3cccc(Cl)c3)c2c1. The van der Waals surface area contributed by atoms with Gasteiger partial charge in [0.25, 0.3) is 0 Å². The van der Waals surface area contributed by atoms with Crippen molar-refractivity contribution in [3.63, 3.8) is 0 Å². The van der Waals surface area contributed by atoms with Crippen LogP contribution in [0.3, 0.4) is 0 Å². The summed E-state index contributed by atoms with van der Waals surface area (Å²) in [5.74, 6) is 0.397. The molecule has 0 aliphatic carbocycles. The fourth-order valence-electron chi connectivity index (χ4n) is 2.90. The maximum Gasteiger partial charge on any atom is 0.248 e. The Hall–Kier alpha value is -3.22. The molecule has 4 aromatic rings. The van der Waals surface area contributed by atoms with Crippen LogP contribution in [-0.2, 0) is 4.79 Å². The van der Waals surface area contributed by atoms with E-state index in [1.54, 1.807) is 12.1 Å². The average molecular weight is 480 g/mol. The van der Waals surface area contributed by atoms with Crippen molar-refractivity contribution < 1.29 is 4.79 Å². The van der Waals surface area contributed by atoms with Gasteiger partial charge in [0.2, 0.25) is 5.91 Å². The maximum atomic E-state index is 12.4. The van der Waals surface area contributed by atoms with Crippen LogP contribution in [0.25, 0.3) is 17.0 Å². The molecule has 1 heterocycles. The van der Waals surface area contributed by atoms with Crippen LogP contribution in [0.4, 0.5) is 17.2 Å². The highest BCUT2D eigenvalue weighted by Crippen LogP contribution is 2.27. The van der Waals surface area contributed by atoms with Gasteiger partial charge in [-0.1, -0.05) is 51.8 Å². The lowest BCUT2D eigenvalue weighted by Gasteiger charge is -2.10. The van der Waals surface area contributed by atoms with Crippen molar-refractivity contribution in [3.8, 4) is 0 Å². The Kier molecular flexibility index (Phi) is 6.07. The van der Waals surface area contributed by atoms with Crippen molar-refractivity contribution in [2.24, 2.45) is 0 Å². The highest BCUT2D eigenvalue weighted by molar-refractivity contribution is 9.10. The normalized spacial score (nSPS) is 11.0. The van der Waals surface area contributed by atoms with Gasteiger partial charge in [0, 0.05) is 32.3 Å². The first-order valence-electron chi connectivity index (χ1n) is 9.09. The highest BCUT2D eigenvalue weighted by Gasteiger charge is 2.07. The van der Waals surface area contributed by atoms with E-state index < -0.39 is 0 Å². The molecule has 0 atom stereocenters. The third-order valence-electron chi connectivity index (χ3n) is 4.31. The second-order valence-electron chi connectivity index (χ2n) is 6.43. The monoisotopic (exact) mass is 478 g/mol. The number of anilines is 3. The number of hydrogen-bond donors (Lipinski definition) is 2. The minimum Gasteiger partial charge on any atom is -0.340 e. The first-order valence-corrected chi connectivity index (χ1v) is 10.3. The Bertz CT molecular complexity index is 1260. The van der Waals surface area contributed by atoms with E-state index in [1.807, 2.05) is 60.7 Å². The summed E-state index contributed by atoms with van der Waals surface area (Å²) in [7, 11) is 0. The first-order chi connectivity index (χ1) is 14.6. The third-order valence-corrected chi connectivity index (χ3v) is 5.27.